The smallest absolute Gasteiger partial charge is 0.356 e. The van der Waals surface area contributed by atoms with Crippen molar-refractivity contribution in [3.05, 3.63) is 58.7 Å². The predicted octanol–water partition coefficient (Wildman–Crippen LogP) is 1.90. The molecule has 10 nitrogen and oxygen atoms in total. The number of aryl methyl sites for hydroxylation is 1. The summed E-state index contributed by atoms with van der Waals surface area (Å²) in [4.78, 5) is 32.3. The van der Waals surface area contributed by atoms with Gasteiger partial charge in [0.25, 0.3) is 5.78 Å². The standard InChI is InChI=1S/C10H9ClN2.C8H6N4O4/c11-13-10-4-2-8-5-7(6-12)1-3-9(8)10;1-16-7(15)5-2-4(6(13)14)11-8-9-3-10-12(5)8/h1,3,5,10,13H,2,4H2;2-3H,1H3,(H,13,14)/t10-;/m0./s1. The third-order valence-electron chi connectivity index (χ3n) is 4.35. The lowest BCUT2D eigenvalue weighted by atomic mass is 10.1. The van der Waals surface area contributed by atoms with Crippen molar-refractivity contribution in [2.75, 3.05) is 7.11 Å². The van der Waals surface area contributed by atoms with Crippen molar-refractivity contribution in [1.29, 1.82) is 5.26 Å². The average molecular weight is 415 g/mol. The van der Waals surface area contributed by atoms with E-state index in [9.17, 15) is 9.59 Å². The van der Waals surface area contributed by atoms with E-state index in [1.54, 1.807) is 0 Å². The highest BCUT2D eigenvalue weighted by Crippen LogP contribution is 2.31. The van der Waals surface area contributed by atoms with Crippen LogP contribution in [0.2, 0.25) is 0 Å². The first-order chi connectivity index (χ1) is 14.0. The maximum absolute atomic E-state index is 11.4. The second-order valence-corrected chi connectivity index (χ2v) is 6.24. The van der Waals surface area contributed by atoms with Gasteiger partial charge < -0.3 is 9.84 Å². The molecule has 1 aromatic carbocycles. The van der Waals surface area contributed by atoms with Gasteiger partial charge in [0.1, 0.15) is 6.33 Å². The van der Waals surface area contributed by atoms with Crippen molar-refractivity contribution >= 4 is 29.5 Å². The van der Waals surface area contributed by atoms with Crippen molar-refractivity contribution in [3.63, 3.8) is 0 Å². The third kappa shape index (κ3) is 4.16. The van der Waals surface area contributed by atoms with Crippen LogP contribution in [0, 0.1) is 11.3 Å². The number of nitrogens with one attached hydrogen (secondary N) is 1. The van der Waals surface area contributed by atoms with Gasteiger partial charge in [0.05, 0.1) is 18.7 Å². The summed E-state index contributed by atoms with van der Waals surface area (Å²) < 4.78 is 5.61. The minimum absolute atomic E-state index is 0.0281. The quantitative estimate of drug-likeness (QED) is 0.485. The van der Waals surface area contributed by atoms with E-state index in [2.05, 4.69) is 30.7 Å². The van der Waals surface area contributed by atoms with Crippen molar-refractivity contribution in [3.8, 4) is 6.07 Å². The molecule has 4 rings (SSSR count). The number of carbonyl (C=O) groups is 2. The average Bonchev–Trinajstić information content (AvgIpc) is 3.38. The molecule has 0 amide bonds. The van der Waals surface area contributed by atoms with Gasteiger partial charge in [-0.2, -0.15) is 19.9 Å². The van der Waals surface area contributed by atoms with E-state index in [4.69, 9.17) is 22.1 Å². The molecule has 0 saturated heterocycles. The van der Waals surface area contributed by atoms with E-state index in [1.165, 1.54) is 24.6 Å². The SMILES string of the molecule is COC(=O)c1cc(C(=O)O)nc2ncnn12.N#Cc1ccc2c(c1)CC[C@@H]2NCl. The molecule has 0 bridgehead atoms. The van der Waals surface area contributed by atoms with Crippen LogP contribution >= 0.6 is 11.8 Å². The Morgan fingerprint density at radius 2 is 2.21 bits per heavy atom. The van der Waals surface area contributed by atoms with E-state index in [-0.39, 0.29) is 23.2 Å². The summed E-state index contributed by atoms with van der Waals surface area (Å²) in [6.45, 7) is 0. The van der Waals surface area contributed by atoms with Crippen LogP contribution in [0.5, 0.6) is 0 Å². The van der Waals surface area contributed by atoms with Crippen molar-refractivity contribution < 1.29 is 19.4 Å². The van der Waals surface area contributed by atoms with Crippen LogP contribution in [-0.2, 0) is 11.2 Å². The number of aromatic carboxylic acids is 1. The van der Waals surface area contributed by atoms with E-state index < -0.39 is 11.9 Å². The molecule has 0 aliphatic heterocycles. The van der Waals surface area contributed by atoms with Gasteiger partial charge in [0.15, 0.2) is 11.4 Å². The summed E-state index contributed by atoms with van der Waals surface area (Å²) in [7, 11) is 1.19. The first-order valence-corrected chi connectivity index (χ1v) is 8.77. The van der Waals surface area contributed by atoms with E-state index >= 15 is 0 Å². The number of carboxylic acid groups (broad SMARTS) is 1. The molecular weight excluding hydrogens is 400 g/mol. The van der Waals surface area contributed by atoms with Gasteiger partial charge in [-0.25, -0.2) is 19.4 Å². The Balaban J connectivity index is 0.000000169. The fraction of sp³-hybridized carbons (Fsp3) is 0.222. The molecule has 0 unspecified atom stereocenters. The summed E-state index contributed by atoms with van der Waals surface area (Å²) in [6, 6.07) is 9.24. The molecule has 2 aromatic heterocycles. The van der Waals surface area contributed by atoms with E-state index in [0.29, 0.717) is 0 Å². The number of carboxylic acids is 1. The summed E-state index contributed by atoms with van der Waals surface area (Å²) in [5.74, 6) is -1.93. The minimum atomic E-state index is -1.25. The third-order valence-corrected chi connectivity index (χ3v) is 4.61. The summed E-state index contributed by atoms with van der Waals surface area (Å²) in [5, 5.41) is 21.2. The maximum atomic E-state index is 11.4. The number of nitriles is 1. The number of hydrogen-bond donors (Lipinski definition) is 2. The number of aromatic nitrogens is 4. The predicted molar refractivity (Wildman–Crippen MR) is 100 cm³/mol. The Kier molecular flexibility index (Phi) is 6.01. The van der Waals surface area contributed by atoms with Gasteiger partial charge in [-0.15, -0.1) is 0 Å². The number of benzene rings is 1. The molecule has 3 aromatic rings. The lowest BCUT2D eigenvalue weighted by Gasteiger charge is -2.07. The van der Waals surface area contributed by atoms with Gasteiger partial charge in [-0.3, -0.25) is 0 Å². The highest BCUT2D eigenvalue weighted by atomic mass is 35.5. The monoisotopic (exact) mass is 414 g/mol. The van der Waals surface area contributed by atoms with Crippen LogP contribution < -0.4 is 4.84 Å². The van der Waals surface area contributed by atoms with E-state index in [1.807, 2.05) is 18.2 Å². The molecule has 1 aliphatic rings. The lowest BCUT2D eigenvalue weighted by molar-refractivity contribution is 0.0590. The summed E-state index contributed by atoms with van der Waals surface area (Å²) in [6.07, 6.45) is 3.20. The first kappa shape index (κ1) is 20.2. The largest absolute Gasteiger partial charge is 0.477 e. The Hall–Kier alpha value is -3.55. The molecule has 2 N–H and O–H groups in total. The van der Waals surface area contributed by atoms with Crippen LogP contribution in [0.15, 0.2) is 30.6 Å². The Morgan fingerprint density at radius 1 is 1.41 bits per heavy atom. The Morgan fingerprint density at radius 3 is 2.86 bits per heavy atom. The molecule has 1 aliphatic carbocycles. The molecule has 29 heavy (non-hydrogen) atoms. The van der Waals surface area contributed by atoms with Crippen LogP contribution in [0.3, 0.4) is 0 Å². The van der Waals surface area contributed by atoms with Gasteiger partial charge in [-0.1, -0.05) is 6.07 Å². The maximum Gasteiger partial charge on any atom is 0.356 e. The molecule has 1 atom stereocenters. The number of esters is 1. The zero-order valence-electron chi connectivity index (χ0n) is 15.2. The number of methoxy groups -OCH3 is 1. The molecular formula is C18H15ClN6O4. The number of rotatable bonds is 3. The number of carbonyl (C=O) groups excluding carboxylic acids is 1. The number of ether oxygens (including phenoxy) is 1. The van der Waals surface area contributed by atoms with Gasteiger partial charge in [0, 0.05) is 12.1 Å². The molecule has 148 valence electrons. The Labute approximate surface area is 169 Å². The number of hydrogen-bond acceptors (Lipinski definition) is 8. The Bertz CT molecular complexity index is 1120. The lowest BCUT2D eigenvalue weighted by Crippen LogP contribution is -2.13. The number of fused-ring (bicyclic) bond motifs is 2. The summed E-state index contributed by atoms with van der Waals surface area (Å²) in [5.41, 5.74) is 2.88. The summed E-state index contributed by atoms with van der Waals surface area (Å²) >= 11 is 5.59. The second-order valence-electron chi connectivity index (χ2n) is 6.02. The molecule has 11 heteroatoms. The van der Waals surface area contributed by atoms with Crippen LogP contribution in [0.4, 0.5) is 0 Å². The van der Waals surface area contributed by atoms with Crippen molar-refractivity contribution in [2.45, 2.75) is 18.9 Å². The minimum Gasteiger partial charge on any atom is -0.477 e. The highest BCUT2D eigenvalue weighted by Gasteiger charge is 2.21. The number of nitrogens with zero attached hydrogens (tertiary/aromatic N) is 5. The highest BCUT2D eigenvalue weighted by molar-refractivity contribution is 6.13. The molecule has 0 radical (unpaired) electrons. The second kappa shape index (κ2) is 8.64. The van der Waals surface area contributed by atoms with Crippen LogP contribution in [-0.4, -0.2) is 43.7 Å². The molecule has 0 saturated carbocycles. The topological polar surface area (TPSA) is 142 Å². The molecule has 2 heterocycles. The number of halogens is 1. The van der Waals surface area contributed by atoms with Gasteiger partial charge in [0.2, 0.25) is 0 Å². The zero-order chi connectivity index (χ0) is 21.0. The van der Waals surface area contributed by atoms with Crippen LogP contribution in [0.25, 0.3) is 5.78 Å². The zero-order valence-corrected chi connectivity index (χ0v) is 15.9. The van der Waals surface area contributed by atoms with Crippen LogP contribution in [0.1, 0.15) is 50.1 Å². The van der Waals surface area contributed by atoms with Crippen molar-refractivity contribution in [2.24, 2.45) is 0 Å². The van der Waals surface area contributed by atoms with Gasteiger partial charge in [-0.05, 0) is 47.9 Å². The first-order valence-electron chi connectivity index (χ1n) is 8.40. The van der Waals surface area contributed by atoms with E-state index in [0.717, 1.165) is 29.0 Å². The molecule has 0 spiro atoms. The van der Waals surface area contributed by atoms with Gasteiger partial charge >= 0.3 is 11.9 Å². The fourth-order valence-corrected chi connectivity index (χ4v) is 3.20. The normalized spacial score (nSPS) is 14.4. The van der Waals surface area contributed by atoms with Crippen molar-refractivity contribution in [1.82, 2.24) is 24.4 Å². The molecule has 0 fully saturated rings. The fourth-order valence-electron chi connectivity index (χ4n) is 2.97.